The number of hydrogen-bond donors (Lipinski definition) is 3. The Morgan fingerprint density at radius 2 is 1.14 bits per heavy atom. The minimum atomic E-state index is -3.04. The second-order valence-electron chi connectivity index (χ2n) is 12.9. The summed E-state index contributed by atoms with van der Waals surface area (Å²) in [7, 11) is 0. The molecule has 0 aromatic heterocycles. The Labute approximate surface area is 290 Å². The normalized spacial score (nSPS) is 14.1. The zero-order valence-electron chi connectivity index (χ0n) is 27.5. The van der Waals surface area contributed by atoms with Crippen molar-refractivity contribution in [1.29, 1.82) is 5.41 Å². The van der Waals surface area contributed by atoms with Crippen LogP contribution in [0.1, 0.15) is 46.9 Å². The van der Waals surface area contributed by atoms with E-state index in [1.165, 1.54) is 6.07 Å². The number of nitrogens with one attached hydrogen (secondary N) is 3. The fraction of sp³-hybridized carbons (Fsp3) is 0.0889. The molecule has 2 atom stereocenters. The van der Waals surface area contributed by atoms with Gasteiger partial charge in [0.25, 0.3) is 5.92 Å². The Hall–Kier alpha value is -5.91. The van der Waals surface area contributed by atoms with E-state index in [1.807, 2.05) is 78.9 Å². The van der Waals surface area contributed by atoms with Gasteiger partial charge in [0.15, 0.2) is 0 Å². The zero-order valence-corrected chi connectivity index (χ0v) is 27.5. The van der Waals surface area contributed by atoms with Gasteiger partial charge in [-0.15, -0.1) is 0 Å². The second-order valence-corrected chi connectivity index (χ2v) is 12.9. The molecule has 0 saturated heterocycles. The van der Waals surface area contributed by atoms with Crippen molar-refractivity contribution in [2.24, 2.45) is 0 Å². The largest absolute Gasteiger partial charge is 0.351 e. The predicted octanol–water partition coefficient (Wildman–Crippen LogP) is 11.3. The van der Waals surface area contributed by atoms with Crippen LogP contribution in [0.5, 0.6) is 0 Å². The lowest BCUT2D eigenvalue weighted by Crippen LogP contribution is -2.39. The van der Waals surface area contributed by atoms with Crippen molar-refractivity contribution in [2.45, 2.75) is 25.1 Å². The van der Waals surface area contributed by atoms with Crippen molar-refractivity contribution in [3.05, 3.63) is 192 Å². The molecule has 0 heterocycles. The van der Waals surface area contributed by atoms with Gasteiger partial charge in [-0.05, 0) is 80.4 Å². The van der Waals surface area contributed by atoms with Crippen molar-refractivity contribution < 1.29 is 8.78 Å². The molecular formula is C45H35F2N3. The molecule has 0 saturated carbocycles. The van der Waals surface area contributed by atoms with E-state index in [1.54, 1.807) is 30.3 Å². The third kappa shape index (κ3) is 5.86. The molecular weight excluding hydrogens is 621 g/mol. The Kier molecular flexibility index (Phi) is 8.06. The van der Waals surface area contributed by atoms with Crippen molar-refractivity contribution >= 4 is 16.6 Å². The van der Waals surface area contributed by atoms with Gasteiger partial charge in [0.05, 0.1) is 0 Å². The minimum absolute atomic E-state index is 0.0157. The number of amidine groups is 1. The van der Waals surface area contributed by atoms with Crippen molar-refractivity contribution in [3.63, 3.8) is 0 Å². The van der Waals surface area contributed by atoms with Gasteiger partial charge in [0, 0.05) is 22.7 Å². The second kappa shape index (κ2) is 12.8. The summed E-state index contributed by atoms with van der Waals surface area (Å²) in [6.45, 7) is 2.12. The maximum Gasteiger partial charge on any atom is 0.299 e. The summed E-state index contributed by atoms with van der Waals surface area (Å²) in [4.78, 5) is 0. The van der Waals surface area contributed by atoms with Crippen LogP contribution < -0.4 is 10.6 Å². The lowest BCUT2D eigenvalue weighted by atomic mass is 9.96. The molecule has 3 nitrogen and oxygen atoms in total. The van der Waals surface area contributed by atoms with Crippen molar-refractivity contribution in [1.82, 2.24) is 10.6 Å². The van der Waals surface area contributed by atoms with Crippen LogP contribution in [-0.2, 0) is 5.92 Å². The monoisotopic (exact) mass is 655 g/mol. The summed E-state index contributed by atoms with van der Waals surface area (Å²) in [5.41, 5.74) is 8.00. The highest BCUT2D eigenvalue weighted by Gasteiger charge is 2.44. The third-order valence-electron chi connectivity index (χ3n) is 9.73. The van der Waals surface area contributed by atoms with E-state index >= 15 is 8.78 Å². The summed E-state index contributed by atoms with van der Waals surface area (Å²) in [6.07, 6.45) is -0.346. The smallest absolute Gasteiger partial charge is 0.299 e. The number of hydrogen-bond acceptors (Lipinski definition) is 2. The van der Waals surface area contributed by atoms with Gasteiger partial charge in [-0.3, -0.25) is 10.7 Å². The van der Waals surface area contributed by atoms with Crippen molar-refractivity contribution in [2.75, 3.05) is 0 Å². The minimum Gasteiger partial charge on any atom is -0.351 e. The Morgan fingerprint density at radius 3 is 1.92 bits per heavy atom. The molecule has 0 radical (unpaired) electrons. The summed E-state index contributed by atoms with van der Waals surface area (Å²) >= 11 is 0. The first kappa shape index (κ1) is 31.4. The Morgan fingerprint density at radius 1 is 0.540 bits per heavy atom. The molecule has 1 aliphatic carbocycles. The fourth-order valence-electron chi connectivity index (χ4n) is 6.97. The van der Waals surface area contributed by atoms with Crippen LogP contribution in [0.3, 0.4) is 0 Å². The predicted molar refractivity (Wildman–Crippen MR) is 200 cm³/mol. The van der Waals surface area contributed by atoms with E-state index in [2.05, 4.69) is 66.1 Å². The number of alkyl halides is 2. The lowest BCUT2D eigenvalue weighted by Gasteiger charge is -2.26. The van der Waals surface area contributed by atoms with Crippen LogP contribution in [0.15, 0.2) is 164 Å². The van der Waals surface area contributed by atoms with Gasteiger partial charge < -0.3 is 5.32 Å². The Bertz CT molecular complexity index is 2330. The molecule has 7 aromatic rings. The highest BCUT2D eigenvalue weighted by Crippen LogP contribution is 2.51. The average molecular weight is 656 g/mol. The fourth-order valence-corrected chi connectivity index (χ4v) is 6.97. The summed E-state index contributed by atoms with van der Waals surface area (Å²) in [5, 5.41) is 18.3. The van der Waals surface area contributed by atoms with Crippen LogP contribution in [0, 0.1) is 5.41 Å². The van der Waals surface area contributed by atoms with Gasteiger partial charge in [-0.2, -0.15) is 8.78 Å². The molecule has 244 valence electrons. The zero-order chi connectivity index (χ0) is 34.2. The van der Waals surface area contributed by atoms with Gasteiger partial charge in [-0.1, -0.05) is 146 Å². The number of rotatable bonds is 8. The van der Waals surface area contributed by atoms with E-state index < -0.39 is 5.92 Å². The van der Waals surface area contributed by atoms with Crippen LogP contribution in [-0.4, -0.2) is 5.84 Å². The standard InChI is InChI=1S/C45H35F2N3/c1-29(30-10-4-2-5-11-30)49-44(34-20-16-32(17-21-34)31-12-6-3-7-13-31)50-43(48)37-23-19-33-18-22-35(26-38(33)27-37)36-24-25-40-39-14-8-9-15-41(39)45(46,47)42(40)28-36/h2-29,44,49H,1H3,(H2,48,50). The van der Waals surface area contributed by atoms with Gasteiger partial charge >= 0.3 is 0 Å². The quantitative estimate of drug-likeness (QED) is 0.0867. The SMILES string of the molecule is CC(NC(NC(=N)c1ccc2ccc(-c3ccc4c(c3)C(F)(F)c3ccccc3-4)cc2c1)c1ccc(-c2ccccc2)cc1)c1ccccc1. The molecule has 7 aromatic carbocycles. The molecule has 2 unspecified atom stereocenters. The molecule has 0 spiro atoms. The molecule has 0 amide bonds. The van der Waals surface area contributed by atoms with E-state index in [9.17, 15) is 5.41 Å². The van der Waals surface area contributed by atoms with Gasteiger partial charge in [0.2, 0.25) is 0 Å². The third-order valence-corrected chi connectivity index (χ3v) is 9.73. The molecule has 5 heteroatoms. The maximum absolute atomic E-state index is 15.5. The van der Waals surface area contributed by atoms with E-state index in [4.69, 9.17) is 0 Å². The van der Waals surface area contributed by atoms with Crippen LogP contribution >= 0.6 is 0 Å². The molecule has 0 aliphatic heterocycles. The van der Waals surface area contributed by atoms with Crippen molar-refractivity contribution in [3.8, 4) is 33.4 Å². The van der Waals surface area contributed by atoms with E-state index in [0.717, 1.165) is 49.7 Å². The highest BCUT2D eigenvalue weighted by molar-refractivity contribution is 6.01. The average Bonchev–Trinajstić information content (AvgIpc) is 3.40. The molecule has 0 fully saturated rings. The first-order valence-corrected chi connectivity index (χ1v) is 16.8. The van der Waals surface area contributed by atoms with Gasteiger partial charge in [-0.25, -0.2) is 0 Å². The van der Waals surface area contributed by atoms with Crippen LogP contribution in [0.4, 0.5) is 8.78 Å². The summed E-state index contributed by atoms with van der Waals surface area (Å²) < 4.78 is 31.0. The number of benzene rings is 7. The molecule has 1 aliphatic rings. The van der Waals surface area contributed by atoms with Crippen LogP contribution in [0.2, 0.25) is 0 Å². The molecule has 3 N–H and O–H groups in total. The number of fused-ring (bicyclic) bond motifs is 4. The topological polar surface area (TPSA) is 47.9 Å². The molecule has 0 bridgehead atoms. The lowest BCUT2D eigenvalue weighted by molar-refractivity contribution is 0.0480. The van der Waals surface area contributed by atoms with Gasteiger partial charge in [0.1, 0.15) is 12.0 Å². The first-order chi connectivity index (χ1) is 24.3. The molecule has 50 heavy (non-hydrogen) atoms. The summed E-state index contributed by atoms with van der Waals surface area (Å²) in [6, 6.07) is 53.0. The maximum atomic E-state index is 15.5. The summed E-state index contributed by atoms with van der Waals surface area (Å²) in [5.74, 6) is -2.77. The highest BCUT2D eigenvalue weighted by atomic mass is 19.3. The Balaban J connectivity index is 1.08. The van der Waals surface area contributed by atoms with E-state index in [0.29, 0.717) is 11.1 Å². The van der Waals surface area contributed by atoms with E-state index in [-0.39, 0.29) is 29.2 Å². The number of halogens is 2. The first-order valence-electron chi connectivity index (χ1n) is 16.8. The molecule has 8 rings (SSSR count). The van der Waals surface area contributed by atoms with Crippen LogP contribution in [0.25, 0.3) is 44.2 Å².